The molecule has 0 atom stereocenters. The fourth-order valence-electron chi connectivity index (χ4n) is 2.27. The van der Waals surface area contributed by atoms with Crippen LogP contribution in [0, 0.1) is 0 Å². The molecule has 0 radical (unpaired) electrons. The van der Waals surface area contributed by atoms with Gasteiger partial charge in [-0.1, -0.05) is 0 Å². The van der Waals surface area contributed by atoms with Crippen LogP contribution in [0.3, 0.4) is 0 Å². The van der Waals surface area contributed by atoms with Crippen LogP contribution in [-0.4, -0.2) is 34.5 Å². The minimum Gasteiger partial charge on any atom is -0.507 e. The highest BCUT2D eigenvalue weighted by Gasteiger charge is 2.26. The van der Waals surface area contributed by atoms with E-state index in [2.05, 4.69) is 0 Å². The summed E-state index contributed by atoms with van der Waals surface area (Å²) in [5.41, 5.74) is -0.168. The third-order valence-corrected chi connectivity index (χ3v) is 3.35. The summed E-state index contributed by atoms with van der Waals surface area (Å²) < 4.78 is 58.2. The van der Waals surface area contributed by atoms with Crippen LogP contribution in [0.2, 0.25) is 0 Å². The molecule has 3 aromatic rings. The number of methoxy groups -OCH3 is 2. The van der Waals surface area contributed by atoms with Crippen LogP contribution in [0.1, 0.15) is 8.22 Å². The number of hydrogen-bond acceptors (Lipinski definition) is 6. The zero-order valence-electron chi connectivity index (χ0n) is 17.9. The van der Waals surface area contributed by atoms with Gasteiger partial charge in [-0.05, 0) is 0 Å². The van der Waals surface area contributed by atoms with Gasteiger partial charge in [-0.2, -0.15) is 0 Å². The van der Waals surface area contributed by atoms with Crippen molar-refractivity contribution in [1.29, 1.82) is 0 Å². The summed E-state index contributed by atoms with van der Waals surface area (Å²) in [6, 6.07) is 5.27. The molecular weight excluding hydrogens is 316 g/mol. The monoisotopic (exact) mass is 337 g/mol. The first-order chi connectivity index (χ1) is 13.7. The van der Waals surface area contributed by atoms with E-state index in [1.54, 1.807) is 0 Å². The minimum atomic E-state index is -2.99. The third kappa shape index (κ3) is 2.45. The molecule has 0 saturated carbocycles. The van der Waals surface area contributed by atoms with Gasteiger partial charge < -0.3 is 29.9 Å². The molecule has 0 aliphatic heterocycles. The van der Waals surface area contributed by atoms with E-state index in [9.17, 15) is 20.4 Å². The summed E-state index contributed by atoms with van der Waals surface area (Å²) in [6.45, 7) is 0. The first kappa shape index (κ1) is 9.71. The summed E-state index contributed by atoms with van der Waals surface area (Å²) >= 11 is 0. The summed E-state index contributed by atoms with van der Waals surface area (Å²) in [4.78, 5) is 0. The van der Waals surface area contributed by atoms with Crippen molar-refractivity contribution >= 4 is 11.0 Å². The lowest BCUT2D eigenvalue weighted by Gasteiger charge is -2.09. The number of phenolic OH excluding ortho intramolecular Hbond substituents is 3. The van der Waals surface area contributed by atoms with E-state index in [0.717, 1.165) is 30.3 Å². The SMILES string of the molecule is [2H]C([2H])([2H])Oc1cc(-c2[o+]c3cc(O)cc(O)c3cc2O)cc(OC([2H])([2H])[2H])c1O. The van der Waals surface area contributed by atoms with Crippen LogP contribution >= 0.6 is 0 Å². The Kier molecular flexibility index (Phi) is 2.30. The first-order valence-electron chi connectivity index (χ1n) is 9.51. The maximum atomic E-state index is 10.3. The molecule has 124 valence electrons. The Hall–Kier alpha value is -3.35. The van der Waals surface area contributed by atoms with E-state index >= 15 is 0 Å². The molecule has 0 bridgehead atoms. The van der Waals surface area contributed by atoms with Crippen LogP contribution in [0.4, 0.5) is 0 Å². The van der Waals surface area contributed by atoms with Crippen LogP contribution in [0.15, 0.2) is 34.7 Å². The fraction of sp³-hybridized carbons (Fsp3) is 0.118. The van der Waals surface area contributed by atoms with Crippen molar-refractivity contribution in [3.63, 3.8) is 0 Å². The highest BCUT2D eigenvalue weighted by molar-refractivity contribution is 5.88. The molecule has 0 saturated heterocycles. The van der Waals surface area contributed by atoms with Gasteiger partial charge in [-0.3, -0.25) is 0 Å². The number of aromatic hydroxyl groups is 4. The predicted molar refractivity (Wildman–Crippen MR) is 85.8 cm³/mol. The number of fused-ring (bicyclic) bond motifs is 1. The number of rotatable bonds is 3. The van der Waals surface area contributed by atoms with Crippen molar-refractivity contribution in [3.05, 3.63) is 30.3 Å². The maximum absolute atomic E-state index is 10.3. The molecule has 0 aliphatic rings. The molecule has 4 N–H and O–H groups in total. The lowest BCUT2D eigenvalue weighted by Crippen LogP contribution is -1.91. The van der Waals surface area contributed by atoms with Crippen LogP contribution < -0.4 is 9.47 Å². The zero-order valence-corrected chi connectivity index (χ0v) is 11.9. The molecule has 0 unspecified atom stereocenters. The molecule has 2 aromatic carbocycles. The zero-order chi connectivity index (χ0) is 22.4. The Labute approximate surface area is 145 Å². The van der Waals surface area contributed by atoms with Gasteiger partial charge in [0.1, 0.15) is 16.9 Å². The van der Waals surface area contributed by atoms with Crippen LogP contribution in [0.5, 0.6) is 34.5 Å². The molecule has 1 heterocycles. The Balaban J connectivity index is 2.25. The van der Waals surface area contributed by atoms with Gasteiger partial charge in [0.05, 0.1) is 33.9 Å². The second kappa shape index (κ2) is 5.69. The van der Waals surface area contributed by atoms with Crippen molar-refractivity contribution in [1.82, 2.24) is 0 Å². The lowest BCUT2D eigenvalue weighted by molar-refractivity contribution is 0.340. The molecular formula is C17H15O7+. The van der Waals surface area contributed by atoms with Crippen molar-refractivity contribution in [3.8, 4) is 45.8 Å². The molecule has 24 heavy (non-hydrogen) atoms. The van der Waals surface area contributed by atoms with Crippen molar-refractivity contribution in [2.75, 3.05) is 14.1 Å². The Morgan fingerprint density at radius 1 is 0.875 bits per heavy atom. The van der Waals surface area contributed by atoms with Gasteiger partial charge in [0, 0.05) is 24.3 Å². The van der Waals surface area contributed by atoms with Gasteiger partial charge in [0.25, 0.3) is 0 Å². The largest absolute Gasteiger partial charge is 0.507 e. The van der Waals surface area contributed by atoms with E-state index in [1.807, 2.05) is 0 Å². The molecule has 0 spiro atoms. The smallest absolute Gasteiger partial charge is 0.402 e. The minimum absolute atomic E-state index is 0.0510. The molecule has 7 nitrogen and oxygen atoms in total. The highest BCUT2D eigenvalue weighted by atomic mass is 16.5. The quantitative estimate of drug-likeness (QED) is 0.543. The predicted octanol–water partition coefficient (Wildman–Crippen LogP) is 3.22. The van der Waals surface area contributed by atoms with E-state index in [-0.39, 0.29) is 33.8 Å². The van der Waals surface area contributed by atoms with Gasteiger partial charge in [0.15, 0.2) is 11.5 Å². The standard InChI is InChI=1S/C17H14O7/c1-22-14-3-8(4-15(23-2)16(14)21)17-12(20)7-10-11(19)5-9(18)6-13(10)24-17/h3-7H,1-2H3,(H3-,18,19,20,21)/p+1/i1D3,2D3. The van der Waals surface area contributed by atoms with Crippen LogP contribution in [-0.2, 0) is 0 Å². The maximum Gasteiger partial charge on any atom is 0.402 e. The van der Waals surface area contributed by atoms with Crippen molar-refractivity contribution < 1.29 is 42.5 Å². The van der Waals surface area contributed by atoms with Gasteiger partial charge in [0.2, 0.25) is 11.5 Å². The second-order valence-electron chi connectivity index (χ2n) is 4.86. The topological polar surface area (TPSA) is 111 Å². The number of ether oxygens (including phenoxy) is 2. The molecule has 3 rings (SSSR count). The van der Waals surface area contributed by atoms with Gasteiger partial charge in [-0.25, -0.2) is 4.42 Å². The van der Waals surface area contributed by atoms with Crippen LogP contribution in [0.25, 0.3) is 22.3 Å². The third-order valence-electron chi connectivity index (χ3n) is 3.35. The molecule has 7 heteroatoms. The Bertz CT molecular complexity index is 1090. The lowest BCUT2D eigenvalue weighted by atomic mass is 10.1. The van der Waals surface area contributed by atoms with Gasteiger partial charge >= 0.3 is 11.3 Å². The molecule has 0 amide bonds. The van der Waals surface area contributed by atoms with E-state index < -0.39 is 37.1 Å². The normalized spacial score (nSPS) is 15.5. The fourth-order valence-corrected chi connectivity index (χ4v) is 2.27. The second-order valence-corrected chi connectivity index (χ2v) is 4.86. The Morgan fingerprint density at radius 2 is 1.54 bits per heavy atom. The van der Waals surface area contributed by atoms with E-state index in [4.69, 9.17) is 22.1 Å². The summed E-state index contributed by atoms with van der Waals surface area (Å²) in [7, 11) is -5.99. The van der Waals surface area contributed by atoms with E-state index in [1.165, 1.54) is 0 Å². The first-order valence-corrected chi connectivity index (χ1v) is 6.51. The Morgan fingerprint density at radius 3 is 2.17 bits per heavy atom. The van der Waals surface area contributed by atoms with Crippen molar-refractivity contribution in [2.24, 2.45) is 0 Å². The highest BCUT2D eigenvalue weighted by Crippen LogP contribution is 2.44. The number of phenols is 3. The molecule has 1 aromatic heterocycles. The number of benzene rings is 2. The van der Waals surface area contributed by atoms with E-state index in [0.29, 0.717) is 0 Å². The average molecular weight is 337 g/mol. The summed E-state index contributed by atoms with van der Waals surface area (Å²) in [5.74, 6) is -3.72. The summed E-state index contributed by atoms with van der Waals surface area (Å²) in [5, 5.41) is 40.1. The summed E-state index contributed by atoms with van der Waals surface area (Å²) in [6.07, 6.45) is 0. The average Bonchev–Trinajstić information content (AvgIpc) is 2.56. The molecule has 0 fully saturated rings. The molecule has 0 aliphatic carbocycles. The van der Waals surface area contributed by atoms with Crippen molar-refractivity contribution in [2.45, 2.75) is 0 Å². The van der Waals surface area contributed by atoms with Gasteiger partial charge in [-0.15, -0.1) is 0 Å². The number of hydrogen-bond donors (Lipinski definition) is 4.